The number of ketones is 1. The van der Waals surface area contributed by atoms with Crippen LogP contribution in [0.1, 0.15) is 23.3 Å². The Balaban J connectivity index is 2.03. The zero-order chi connectivity index (χ0) is 9.97. The Kier molecular flexibility index (Phi) is 2.30. The van der Waals surface area contributed by atoms with Gasteiger partial charge in [0.05, 0.1) is 12.5 Å². The number of Topliss-reactive ketones (excluding diaryl/α,β-unsaturated/α-hetero) is 1. The molecule has 2 heterocycles. The second kappa shape index (κ2) is 3.61. The Labute approximate surface area is 81.1 Å². The summed E-state index contributed by atoms with van der Waals surface area (Å²) in [5, 5.41) is 0. The van der Waals surface area contributed by atoms with Crippen LogP contribution in [0, 0.1) is 0 Å². The number of hydrogen-bond acceptors (Lipinski definition) is 3. The van der Waals surface area contributed by atoms with Crippen LogP contribution in [0.5, 0.6) is 0 Å². The van der Waals surface area contributed by atoms with Crippen molar-refractivity contribution in [3.05, 3.63) is 18.2 Å². The molecule has 0 bridgehead atoms. The van der Waals surface area contributed by atoms with Crippen LogP contribution in [0.3, 0.4) is 0 Å². The molecule has 2 rings (SSSR count). The maximum Gasteiger partial charge on any atom is 0.271 e. The summed E-state index contributed by atoms with van der Waals surface area (Å²) < 4.78 is 0. The van der Waals surface area contributed by atoms with Crippen molar-refractivity contribution in [1.29, 1.82) is 0 Å². The van der Waals surface area contributed by atoms with E-state index in [4.69, 9.17) is 0 Å². The topological polar surface area (TPSA) is 66.1 Å². The fraction of sp³-hybridized carbons (Fsp3) is 0.444. The summed E-state index contributed by atoms with van der Waals surface area (Å²) in [6, 6.07) is 0. The van der Waals surface area contributed by atoms with Crippen molar-refractivity contribution >= 4 is 11.7 Å². The van der Waals surface area contributed by atoms with E-state index in [9.17, 15) is 9.59 Å². The van der Waals surface area contributed by atoms with Gasteiger partial charge in [-0.3, -0.25) is 9.59 Å². The number of H-pyrrole nitrogens is 1. The second-order valence-electron chi connectivity index (χ2n) is 3.30. The molecule has 1 aromatic rings. The fourth-order valence-corrected chi connectivity index (χ4v) is 1.50. The fourth-order valence-electron chi connectivity index (χ4n) is 1.50. The van der Waals surface area contributed by atoms with E-state index in [0.29, 0.717) is 31.6 Å². The molecule has 0 aromatic carbocycles. The molecule has 5 nitrogen and oxygen atoms in total. The van der Waals surface area contributed by atoms with Crippen LogP contribution in [0.15, 0.2) is 12.5 Å². The molecule has 1 amide bonds. The van der Waals surface area contributed by atoms with Crippen LogP contribution in [0.4, 0.5) is 0 Å². The smallest absolute Gasteiger partial charge is 0.271 e. The normalized spacial score (nSPS) is 17.1. The molecule has 74 valence electrons. The van der Waals surface area contributed by atoms with E-state index in [-0.39, 0.29) is 11.7 Å². The van der Waals surface area contributed by atoms with Gasteiger partial charge in [-0.25, -0.2) is 4.98 Å². The summed E-state index contributed by atoms with van der Waals surface area (Å²) in [5.41, 5.74) is 0.486. The third kappa shape index (κ3) is 1.66. The highest BCUT2D eigenvalue weighted by atomic mass is 16.2. The summed E-state index contributed by atoms with van der Waals surface area (Å²) in [4.78, 5) is 30.9. The average Bonchev–Trinajstić information content (AvgIpc) is 2.71. The van der Waals surface area contributed by atoms with Crippen molar-refractivity contribution in [3.63, 3.8) is 0 Å². The van der Waals surface area contributed by atoms with Crippen molar-refractivity contribution in [2.45, 2.75) is 12.8 Å². The molecule has 5 heteroatoms. The lowest BCUT2D eigenvalue weighted by molar-refractivity contribution is -0.120. The second-order valence-corrected chi connectivity index (χ2v) is 3.30. The summed E-state index contributed by atoms with van der Waals surface area (Å²) in [7, 11) is 0. The van der Waals surface area contributed by atoms with Crippen molar-refractivity contribution < 1.29 is 9.59 Å². The minimum absolute atomic E-state index is 0.0741. The number of aromatic nitrogens is 2. The van der Waals surface area contributed by atoms with Crippen LogP contribution in [-0.2, 0) is 4.79 Å². The van der Waals surface area contributed by atoms with Crippen LogP contribution >= 0.6 is 0 Å². The molecule has 1 saturated heterocycles. The number of nitrogens with one attached hydrogen (secondary N) is 1. The zero-order valence-electron chi connectivity index (χ0n) is 7.69. The highest BCUT2D eigenvalue weighted by molar-refractivity contribution is 5.93. The van der Waals surface area contributed by atoms with Crippen LogP contribution in [0.2, 0.25) is 0 Å². The lowest BCUT2D eigenvalue weighted by Gasteiger charge is -2.25. The van der Waals surface area contributed by atoms with Gasteiger partial charge < -0.3 is 9.88 Å². The molecular formula is C9H11N3O2. The average molecular weight is 193 g/mol. The third-order valence-electron chi connectivity index (χ3n) is 2.34. The van der Waals surface area contributed by atoms with Gasteiger partial charge in [0.25, 0.3) is 5.91 Å². The van der Waals surface area contributed by atoms with Crippen molar-refractivity contribution in [2.24, 2.45) is 0 Å². The first kappa shape index (κ1) is 8.93. The molecule has 14 heavy (non-hydrogen) atoms. The molecule has 0 radical (unpaired) electrons. The number of carbonyl (C=O) groups is 2. The van der Waals surface area contributed by atoms with Crippen molar-refractivity contribution in [2.75, 3.05) is 13.1 Å². The predicted octanol–water partition coefficient (Wildman–Crippen LogP) is 0.215. The maximum atomic E-state index is 11.7. The van der Waals surface area contributed by atoms with E-state index in [0.717, 1.165) is 0 Å². The number of hydrogen-bond donors (Lipinski definition) is 1. The van der Waals surface area contributed by atoms with Crippen LogP contribution in [0.25, 0.3) is 0 Å². The molecule has 0 atom stereocenters. The summed E-state index contributed by atoms with van der Waals surface area (Å²) >= 11 is 0. The molecular weight excluding hydrogens is 182 g/mol. The largest absolute Gasteiger partial charge is 0.341 e. The van der Waals surface area contributed by atoms with E-state index < -0.39 is 0 Å². The predicted molar refractivity (Wildman–Crippen MR) is 48.7 cm³/mol. The van der Waals surface area contributed by atoms with Gasteiger partial charge in [0, 0.05) is 25.9 Å². The number of rotatable bonds is 1. The Hall–Kier alpha value is -1.65. The Morgan fingerprint density at radius 2 is 2.14 bits per heavy atom. The quantitative estimate of drug-likeness (QED) is 0.693. The SMILES string of the molecule is O=C1CCN(C(=O)c2cnc[nH]2)CC1. The number of likely N-dealkylation sites (tertiary alicyclic amines) is 1. The molecule has 0 spiro atoms. The molecule has 1 aliphatic heterocycles. The van der Waals surface area contributed by atoms with Crippen molar-refractivity contribution in [3.8, 4) is 0 Å². The minimum Gasteiger partial charge on any atom is -0.341 e. The van der Waals surface area contributed by atoms with Crippen LogP contribution in [-0.4, -0.2) is 39.6 Å². The lowest BCUT2D eigenvalue weighted by Crippen LogP contribution is -2.38. The third-order valence-corrected chi connectivity index (χ3v) is 2.34. The summed E-state index contributed by atoms with van der Waals surface area (Å²) in [6.07, 6.45) is 3.92. The number of piperidine rings is 1. The molecule has 1 fully saturated rings. The van der Waals surface area contributed by atoms with Gasteiger partial charge >= 0.3 is 0 Å². The molecule has 1 aromatic heterocycles. The maximum absolute atomic E-state index is 11.7. The van der Waals surface area contributed by atoms with Crippen LogP contribution < -0.4 is 0 Å². The highest BCUT2D eigenvalue weighted by Crippen LogP contribution is 2.08. The molecule has 0 saturated carbocycles. The van der Waals surface area contributed by atoms with Gasteiger partial charge in [0.1, 0.15) is 11.5 Å². The minimum atomic E-state index is -0.0741. The van der Waals surface area contributed by atoms with Crippen molar-refractivity contribution in [1.82, 2.24) is 14.9 Å². The highest BCUT2D eigenvalue weighted by Gasteiger charge is 2.22. The van der Waals surface area contributed by atoms with E-state index in [1.807, 2.05) is 0 Å². The molecule has 0 aliphatic carbocycles. The molecule has 1 N–H and O–H groups in total. The number of aromatic amines is 1. The van der Waals surface area contributed by atoms with Gasteiger partial charge in [0.15, 0.2) is 0 Å². The molecule has 0 unspecified atom stereocenters. The van der Waals surface area contributed by atoms with Gasteiger partial charge in [-0.15, -0.1) is 0 Å². The Bertz CT molecular complexity index is 335. The summed E-state index contributed by atoms with van der Waals surface area (Å²) in [6.45, 7) is 1.05. The lowest BCUT2D eigenvalue weighted by atomic mass is 10.1. The molecule has 1 aliphatic rings. The number of imidazole rings is 1. The summed E-state index contributed by atoms with van der Waals surface area (Å²) in [5.74, 6) is 0.161. The van der Waals surface area contributed by atoms with E-state index in [2.05, 4.69) is 9.97 Å². The van der Waals surface area contributed by atoms with Gasteiger partial charge in [-0.2, -0.15) is 0 Å². The zero-order valence-corrected chi connectivity index (χ0v) is 7.69. The Morgan fingerprint density at radius 3 is 2.71 bits per heavy atom. The van der Waals surface area contributed by atoms with Gasteiger partial charge in [0.2, 0.25) is 0 Å². The Morgan fingerprint density at radius 1 is 1.43 bits per heavy atom. The van der Waals surface area contributed by atoms with E-state index in [1.54, 1.807) is 4.90 Å². The number of nitrogens with zero attached hydrogens (tertiary/aromatic N) is 2. The van der Waals surface area contributed by atoms with Gasteiger partial charge in [-0.05, 0) is 0 Å². The first-order valence-corrected chi connectivity index (χ1v) is 4.57. The number of amides is 1. The first-order valence-electron chi connectivity index (χ1n) is 4.57. The van der Waals surface area contributed by atoms with E-state index >= 15 is 0 Å². The van der Waals surface area contributed by atoms with E-state index in [1.165, 1.54) is 12.5 Å². The first-order chi connectivity index (χ1) is 6.77. The standard InChI is InChI=1S/C9H11N3O2/c13-7-1-3-12(4-2-7)9(14)8-5-10-6-11-8/h5-6H,1-4H2,(H,10,11). The number of carbonyl (C=O) groups excluding carboxylic acids is 2. The van der Waals surface area contributed by atoms with Gasteiger partial charge in [-0.1, -0.05) is 0 Å². The monoisotopic (exact) mass is 193 g/mol.